The largest absolute Gasteiger partial charge is 0.468 e. The van der Waals surface area contributed by atoms with Crippen LogP contribution in [0.2, 0.25) is 0 Å². The second-order valence-corrected chi connectivity index (χ2v) is 6.31. The monoisotopic (exact) mass is 481 g/mol. The van der Waals surface area contributed by atoms with Crippen molar-refractivity contribution >= 4 is 23.3 Å². The molecule has 1 aromatic heterocycles. The summed E-state index contributed by atoms with van der Waals surface area (Å²) in [6.07, 6.45) is -10.4. The van der Waals surface area contributed by atoms with Crippen LogP contribution < -0.4 is 10.1 Å². The molecule has 0 aliphatic carbocycles. The zero-order chi connectivity index (χ0) is 25.0. The van der Waals surface area contributed by atoms with Gasteiger partial charge in [-0.2, -0.15) is 26.3 Å². The highest BCUT2D eigenvalue weighted by molar-refractivity contribution is 5.97. The highest BCUT2D eigenvalue weighted by atomic mass is 19.4. The molecular formula is C18H13F6N3O6. The Labute approximate surface area is 180 Å². The summed E-state index contributed by atoms with van der Waals surface area (Å²) in [6, 6.07) is 3.61. The molecule has 0 spiro atoms. The molecule has 0 saturated carbocycles. The van der Waals surface area contributed by atoms with Crippen molar-refractivity contribution in [1.82, 2.24) is 4.98 Å². The molecule has 1 N–H and O–H groups in total. The topological polar surface area (TPSA) is 121 Å². The van der Waals surface area contributed by atoms with Gasteiger partial charge in [0.15, 0.2) is 12.7 Å². The minimum atomic E-state index is -5.03. The molecule has 15 heteroatoms. The number of halogens is 6. The summed E-state index contributed by atoms with van der Waals surface area (Å²) in [6.45, 7) is -0.566. The van der Waals surface area contributed by atoms with Crippen molar-refractivity contribution in [3.05, 3.63) is 57.8 Å². The number of esters is 1. The lowest BCUT2D eigenvalue weighted by atomic mass is 10.1. The van der Waals surface area contributed by atoms with Gasteiger partial charge < -0.3 is 14.8 Å². The lowest BCUT2D eigenvalue weighted by Gasteiger charge is -2.17. The molecule has 0 radical (unpaired) electrons. The van der Waals surface area contributed by atoms with Gasteiger partial charge in [-0.1, -0.05) is 0 Å². The Morgan fingerprint density at radius 1 is 1.15 bits per heavy atom. The molecular weight excluding hydrogens is 468 g/mol. The van der Waals surface area contributed by atoms with E-state index < -0.39 is 64.7 Å². The summed E-state index contributed by atoms with van der Waals surface area (Å²) in [5, 5.41) is 12.6. The molecule has 178 valence electrons. The Morgan fingerprint density at radius 2 is 1.82 bits per heavy atom. The molecule has 33 heavy (non-hydrogen) atoms. The van der Waals surface area contributed by atoms with Crippen molar-refractivity contribution in [3.63, 3.8) is 0 Å². The van der Waals surface area contributed by atoms with Gasteiger partial charge in [0, 0.05) is 24.4 Å². The van der Waals surface area contributed by atoms with Crippen LogP contribution in [0.1, 0.15) is 22.8 Å². The Kier molecular flexibility index (Phi) is 7.45. The maximum Gasteiger partial charge on any atom is 0.422 e. The number of carbonyl (C=O) groups excluding carboxylic acids is 2. The van der Waals surface area contributed by atoms with Crippen molar-refractivity contribution in [2.24, 2.45) is 0 Å². The molecule has 1 unspecified atom stereocenters. The van der Waals surface area contributed by atoms with E-state index in [0.29, 0.717) is 6.07 Å². The van der Waals surface area contributed by atoms with Gasteiger partial charge in [-0.15, -0.1) is 0 Å². The molecule has 2 aromatic rings. The van der Waals surface area contributed by atoms with Gasteiger partial charge in [0.25, 0.3) is 11.6 Å². The fraction of sp³-hybridized carbons (Fsp3) is 0.278. The minimum absolute atomic E-state index is 0.236. The fourth-order valence-electron chi connectivity index (χ4n) is 2.25. The van der Waals surface area contributed by atoms with E-state index in [2.05, 4.69) is 9.72 Å². The van der Waals surface area contributed by atoms with E-state index in [0.717, 1.165) is 31.3 Å². The molecule has 0 bridgehead atoms. The van der Waals surface area contributed by atoms with Crippen LogP contribution in [0.4, 0.5) is 37.7 Å². The van der Waals surface area contributed by atoms with E-state index in [1.807, 2.05) is 5.32 Å². The SMILES string of the molecule is CC(OC(=O)c1ccc(OCC(F)(F)F)nc1)C(=O)Nc1ccc([N+](=O)[O-])cc1C(F)(F)F. The molecule has 1 aromatic carbocycles. The molecule has 2 rings (SSSR count). The third-order valence-electron chi connectivity index (χ3n) is 3.79. The molecule has 0 aliphatic rings. The zero-order valence-electron chi connectivity index (χ0n) is 16.4. The number of alkyl halides is 6. The highest BCUT2D eigenvalue weighted by Crippen LogP contribution is 2.37. The van der Waals surface area contributed by atoms with E-state index in [-0.39, 0.29) is 11.6 Å². The van der Waals surface area contributed by atoms with Crippen molar-refractivity contribution in [1.29, 1.82) is 0 Å². The summed E-state index contributed by atoms with van der Waals surface area (Å²) in [7, 11) is 0. The number of hydrogen-bond donors (Lipinski definition) is 1. The number of nitro groups is 1. The smallest absolute Gasteiger partial charge is 0.422 e. The number of nitrogens with one attached hydrogen (secondary N) is 1. The number of non-ortho nitro benzene ring substituents is 1. The maximum atomic E-state index is 13.2. The number of benzene rings is 1. The number of rotatable bonds is 7. The van der Waals surface area contributed by atoms with Crippen LogP contribution in [0.15, 0.2) is 36.5 Å². The lowest BCUT2D eigenvalue weighted by Crippen LogP contribution is -2.30. The molecule has 0 fully saturated rings. The quantitative estimate of drug-likeness (QED) is 0.273. The first-order valence-corrected chi connectivity index (χ1v) is 8.70. The van der Waals surface area contributed by atoms with E-state index in [1.54, 1.807) is 0 Å². The van der Waals surface area contributed by atoms with Crippen molar-refractivity contribution in [2.45, 2.75) is 25.4 Å². The molecule has 0 saturated heterocycles. The number of anilines is 1. The van der Waals surface area contributed by atoms with Crippen LogP contribution >= 0.6 is 0 Å². The summed E-state index contributed by atoms with van der Waals surface area (Å²) >= 11 is 0. The first-order chi connectivity index (χ1) is 15.2. The molecule has 1 amide bonds. The summed E-state index contributed by atoms with van der Waals surface area (Å²) in [5.41, 5.74) is -3.41. The van der Waals surface area contributed by atoms with Crippen LogP contribution in [0.5, 0.6) is 5.88 Å². The third kappa shape index (κ3) is 7.33. The normalized spacial score (nSPS) is 12.6. The number of amides is 1. The van der Waals surface area contributed by atoms with Gasteiger partial charge in [-0.25, -0.2) is 9.78 Å². The van der Waals surface area contributed by atoms with E-state index in [4.69, 9.17) is 4.74 Å². The molecule has 1 heterocycles. The minimum Gasteiger partial charge on any atom is -0.468 e. The third-order valence-corrected chi connectivity index (χ3v) is 3.79. The zero-order valence-corrected chi connectivity index (χ0v) is 16.4. The van der Waals surface area contributed by atoms with Gasteiger partial charge in [0.2, 0.25) is 5.88 Å². The van der Waals surface area contributed by atoms with Crippen LogP contribution in [0, 0.1) is 10.1 Å². The highest BCUT2D eigenvalue weighted by Gasteiger charge is 2.36. The van der Waals surface area contributed by atoms with Crippen LogP contribution in [0.25, 0.3) is 0 Å². The predicted octanol–water partition coefficient (Wildman–Crippen LogP) is 4.13. The second kappa shape index (κ2) is 9.70. The second-order valence-electron chi connectivity index (χ2n) is 6.31. The number of nitrogens with zero attached hydrogens (tertiary/aromatic N) is 2. The molecule has 0 aliphatic heterocycles. The summed E-state index contributed by atoms with van der Waals surface area (Å²) < 4.78 is 85.1. The van der Waals surface area contributed by atoms with E-state index in [9.17, 15) is 46.0 Å². The number of pyridine rings is 1. The Hall–Kier alpha value is -3.91. The number of hydrogen-bond acceptors (Lipinski definition) is 7. The van der Waals surface area contributed by atoms with Gasteiger partial charge in [-0.3, -0.25) is 14.9 Å². The average molecular weight is 481 g/mol. The number of aromatic nitrogens is 1. The van der Waals surface area contributed by atoms with Gasteiger partial charge in [0.05, 0.1) is 21.7 Å². The lowest BCUT2D eigenvalue weighted by molar-refractivity contribution is -0.385. The van der Waals surface area contributed by atoms with Gasteiger partial charge in [0.1, 0.15) is 0 Å². The number of carbonyl (C=O) groups is 2. The van der Waals surface area contributed by atoms with Crippen LogP contribution in [-0.4, -0.2) is 40.7 Å². The fourth-order valence-corrected chi connectivity index (χ4v) is 2.25. The first kappa shape index (κ1) is 25.4. The van der Waals surface area contributed by atoms with Crippen LogP contribution in [0.3, 0.4) is 0 Å². The average Bonchev–Trinajstić information content (AvgIpc) is 2.71. The maximum absolute atomic E-state index is 13.2. The molecule has 9 nitrogen and oxygen atoms in total. The molecule has 1 atom stereocenters. The van der Waals surface area contributed by atoms with Gasteiger partial charge in [-0.05, 0) is 19.1 Å². The first-order valence-electron chi connectivity index (χ1n) is 8.70. The van der Waals surface area contributed by atoms with E-state index in [1.165, 1.54) is 0 Å². The standard InChI is InChI=1S/C18H13F6N3O6/c1-9(33-16(29)10-2-5-14(25-7-10)32-8-17(19,20)21)15(28)26-13-4-3-11(27(30)31)6-12(13)18(22,23)24/h2-7,9H,8H2,1H3,(H,26,28). The van der Waals surface area contributed by atoms with E-state index >= 15 is 0 Å². The van der Waals surface area contributed by atoms with Crippen LogP contribution in [-0.2, 0) is 15.7 Å². The van der Waals surface area contributed by atoms with Crippen molar-refractivity contribution < 1.29 is 50.3 Å². The number of nitro benzene ring substituents is 1. The van der Waals surface area contributed by atoms with Crippen molar-refractivity contribution in [2.75, 3.05) is 11.9 Å². The Balaban J connectivity index is 2.06. The van der Waals surface area contributed by atoms with Crippen molar-refractivity contribution in [3.8, 4) is 5.88 Å². The number of ether oxygens (including phenoxy) is 2. The predicted molar refractivity (Wildman–Crippen MR) is 97.4 cm³/mol. The summed E-state index contributed by atoms with van der Waals surface area (Å²) in [5.74, 6) is -2.76. The Bertz CT molecular complexity index is 1040. The summed E-state index contributed by atoms with van der Waals surface area (Å²) in [4.78, 5) is 37.4. The van der Waals surface area contributed by atoms with Gasteiger partial charge >= 0.3 is 18.3 Å². The Morgan fingerprint density at radius 3 is 2.33 bits per heavy atom.